The summed E-state index contributed by atoms with van der Waals surface area (Å²) in [6.07, 6.45) is -0.431. The van der Waals surface area contributed by atoms with Crippen molar-refractivity contribution in [3.8, 4) is 0 Å². The summed E-state index contributed by atoms with van der Waals surface area (Å²) in [7, 11) is 0. The number of aromatic nitrogens is 3. The number of urea groups is 1. The van der Waals surface area contributed by atoms with Crippen molar-refractivity contribution >= 4 is 17.6 Å². The van der Waals surface area contributed by atoms with Gasteiger partial charge in [0.1, 0.15) is 0 Å². The monoisotopic (exact) mass is 532 g/mol. The Morgan fingerprint density at radius 1 is 1.30 bits per heavy atom. The van der Waals surface area contributed by atoms with Gasteiger partial charge < -0.3 is 20.3 Å². The van der Waals surface area contributed by atoms with Gasteiger partial charge in [0.25, 0.3) is 5.92 Å². The molecule has 1 saturated carbocycles. The molecule has 2 aromatic rings. The Bertz CT molecular complexity index is 1160. The number of rotatable bonds is 8. The fraction of sp³-hybridized carbons (Fsp3) is 0.652. The van der Waals surface area contributed by atoms with Crippen LogP contribution >= 0.6 is 0 Å². The molecule has 2 fully saturated rings. The van der Waals surface area contributed by atoms with E-state index in [1.807, 2.05) is 26.1 Å². The van der Waals surface area contributed by atoms with Crippen molar-refractivity contribution in [1.82, 2.24) is 30.1 Å². The van der Waals surface area contributed by atoms with Crippen LogP contribution in [0.25, 0.3) is 5.65 Å². The molecule has 37 heavy (non-hydrogen) atoms. The van der Waals surface area contributed by atoms with Crippen LogP contribution in [-0.2, 0) is 9.53 Å². The van der Waals surface area contributed by atoms with Crippen LogP contribution in [-0.4, -0.2) is 69.3 Å². The number of carbonyl (C=O) groups is 2. The second-order valence-corrected chi connectivity index (χ2v) is 10.7. The molecule has 14 heteroatoms. The van der Waals surface area contributed by atoms with E-state index in [1.165, 1.54) is 23.0 Å². The highest BCUT2D eigenvalue weighted by Crippen LogP contribution is 2.33. The number of imidazole rings is 1. The highest BCUT2D eigenvalue weighted by molar-refractivity contribution is 5.82. The second kappa shape index (κ2) is 9.69. The SMILES string of the molecule is CC(C)(C)C[C@H](NC(=O)C(F)(F)F)c1cn2ncc([C@@H](COC3CC3)N3CC(F)(F)CNC3=O)cc2n1. The number of hydrogen-bond donors (Lipinski definition) is 2. The molecule has 2 aliphatic rings. The van der Waals surface area contributed by atoms with Gasteiger partial charge in [0.15, 0.2) is 5.65 Å². The molecule has 2 atom stereocenters. The van der Waals surface area contributed by atoms with Crippen LogP contribution in [0.1, 0.15) is 63.4 Å². The quantitative estimate of drug-likeness (QED) is 0.505. The summed E-state index contributed by atoms with van der Waals surface area (Å²) in [5.41, 5.74) is 0.305. The number of alkyl halides is 5. The maximum absolute atomic E-state index is 14.1. The van der Waals surface area contributed by atoms with Crippen LogP contribution in [0.4, 0.5) is 26.7 Å². The molecular formula is C23H29F5N6O3. The fourth-order valence-corrected chi connectivity index (χ4v) is 4.11. The first-order valence-corrected chi connectivity index (χ1v) is 11.9. The van der Waals surface area contributed by atoms with Crippen molar-refractivity contribution in [2.45, 2.75) is 70.3 Å². The molecule has 1 aliphatic carbocycles. The van der Waals surface area contributed by atoms with E-state index >= 15 is 0 Å². The van der Waals surface area contributed by atoms with E-state index in [9.17, 15) is 31.5 Å². The highest BCUT2D eigenvalue weighted by atomic mass is 19.4. The van der Waals surface area contributed by atoms with Gasteiger partial charge in [-0.1, -0.05) is 20.8 Å². The van der Waals surface area contributed by atoms with Gasteiger partial charge in [-0.25, -0.2) is 23.1 Å². The minimum atomic E-state index is -5.06. The predicted molar refractivity (Wildman–Crippen MR) is 121 cm³/mol. The van der Waals surface area contributed by atoms with Crippen LogP contribution in [0.15, 0.2) is 18.5 Å². The van der Waals surface area contributed by atoms with Crippen LogP contribution in [0.3, 0.4) is 0 Å². The van der Waals surface area contributed by atoms with E-state index in [1.54, 1.807) is 0 Å². The number of ether oxygens (including phenoxy) is 1. The lowest BCUT2D eigenvalue weighted by molar-refractivity contribution is -0.174. The molecule has 4 rings (SSSR count). The number of amides is 3. The predicted octanol–water partition coefficient (Wildman–Crippen LogP) is 3.77. The van der Waals surface area contributed by atoms with Gasteiger partial charge in [0, 0.05) is 5.56 Å². The largest absolute Gasteiger partial charge is 0.471 e. The fourth-order valence-electron chi connectivity index (χ4n) is 4.11. The third-order valence-electron chi connectivity index (χ3n) is 6.03. The van der Waals surface area contributed by atoms with Gasteiger partial charge >= 0.3 is 18.1 Å². The molecule has 0 radical (unpaired) electrons. The topological polar surface area (TPSA) is 101 Å². The van der Waals surface area contributed by atoms with E-state index in [-0.39, 0.29) is 30.5 Å². The van der Waals surface area contributed by atoms with Crippen LogP contribution < -0.4 is 10.6 Å². The van der Waals surface area contributed by atoms with E-state index in [4.69, 9.17) is 4.74 Å². The van der Waals surface area contributed by atoms with E-state index < -0.39 is 54.6 Å². The van der Waals surface area contributed by atoms with Crippen LogP contribution in [0, 0.1) is 5.41 Å². The van der Waals surface area contributed by atoms with Crippen LogP contribution in [0.2, 0.25) is 0 Å². The van der Waals surface area contributed by atoms with Gasteiger partial charge in [-0.3, -0.25) is 4.79 Å². The summed E-state index contributed by atoms with van der Waals surface area (Å²) in [5.74, 6) is -5.22. The molecule has 2 aromatic heterocycles. The van der Waals surface area contributed by atoms with Crippen molar-refractivity contribution in [3.05, 3.63) is 29.7 Å². The Morgan fingerprint density at radius 3 is 2.62 bits per heavy atom. The molecule has 0 unspecified atom stereocenters. The number of fused-ring (bicyclic) bond motifs is 1. The van der Waals surface area contributed by atoms with Gasteiger partial charge in [-0.05, 0) is 30.7 Å². The molecule has 3 amide bonds. The normalized spacial score (nSPS) is 20.0. The summed E-state index contributed by atoms with van der Waals surface area (Å²) >= 11 is 0. The molecule has 9 nitrogen and oxygen atoms in total. The molecule has 0 spiro atoms. The molecule has 0 bridgehead atoms. The van der Waals surface area contributed by atoms with Gasteiger partial charge in [0.2, 0.25) is 0 Å². The summed E-state index contributed by atoms with van der Waals surface area (Å²) in [4.78, 5) is 29.5. The van der Waals surface area contributed by atoms with Crippen LogP contribution in [0.5, 0.6) is 0 Å². The van der Waals surface area contributed by atoms with Gasteiger partial charge in [-0.2, -0.15) is 18.3 Å². The first-order valence-electron chi connectivity index (χ1n) is 11.9. The zero-order valence-corrected chi connectivity index (χ0v) is 20.6. The standard InChI is InChI=1S/C23H29F5N6O3/c1-21(2,3)7-15(32-19(35)23(26,27)28)16-9-34-18(31-16)6-13(8-30-34)17(10-37-14-4-5-14)33-12-22(24,25)11-29-20(33)36/h6,8-9,14-15,17H,4-5,7,10-12H2,1-3H3,(H,29,36)(H,32,35)/t15-,17+/m0/s1. The second-order valence-electron chi connectivity index (χ2n) is 10.7. The number of carbonyl (C=O) groups excluding carboxylic acids is 2. The maximum Gasteiger partial charge on any atom is 0.471 e. The van der Waals surface area contributed by atoms with Crippen molar-refractivity contribution in [2.24, 2.45) is 5.41 Å². The third-order valence-corrected chi connectivity index (χ3v) is 6.03. The number of hydrogen-bond acceptors (Lipinski definition) is 5. The van der Waals surface area contributed by atoms with Crippen molar-refractivity contribution in [2.75, 3.05) is 19.7 Å². The van der Waals surface area contributed by atoms with Crippen molar-refractivity contribution in [3.63, 3.8) is 0 Å². The average Bonchev–Trinajstić information content (AvgIpc) is 3.50. The molecule has 0 aromatic carbocycles. The zero-order valence-electron chi connectivity index (χ0n) is 20.6. The molecule has 204 valence electrons. The molecule has 3 heterocycles. The summed E-state index contributed by atoms with van der Waals surface area (Å²) in [6, 6.07) is -1.09. The lowest BCUT2D eigenvalue weighted by Crippen LogP contribution is -2.58. The maximum atomic E-state index is 14.1. The number of nitrogens with zero attached hydrogens (tertiary/aromatic N) is 4. The Balaban J connectivity index is 1.65. The Hall–Kier alpha value is -3.03. The minimum absolute atomic E-state index is 0.000908. The minimum Gasteiger partial charge on any atom is -0.376 e. The van der Waals surface area contributed by atoms with E-state index in [2.05, 4.69) is 15.4 Å². The molecule has 1 saturated heterocycles. The first kappa shape index (κ1) is 27.0. The third kappa shape index (κ3) is 6.84. The summed E-state index contributed by atoms with van der Waals surface area (Å²) in [5, 5.41) is 8.44. The highest BCUT2D eigenvalue weighted by Gasteiger charge is 2.43. The van der Waals surface area contributed by atoms with E-state index in [0.717, 1.165) is 17.7 Å². The zero-order chi connectivity index (χ0) is 27.2. The van der Waals surface area contributed by atoms with Crippen molar-refractivity contribution in [1.29, 1.82) is 0 Å². The Morgan fingerprint density at radius 2 is 2.00 bits per heavy atom. The summed E-state index contributed by atoms with van der Waals surface area (Å²) in [6.45, 7) is 3.84. The van der Waals surface area contributed by atoms with Crippen molar-refractivity contribution < 1.29 is 36.3 Å². The average molecular weight is 533 g/mol. The Kier molecular flexibility index (Phi) is 7.08. The number of halogens is 5. The van der Waals surface area contributed by atoms with E-state index in [0.29, 0.717) is 5.56 Å². The molecule has 2 N–H and O–H groups in total. The summed E-state index contributed by atoms with van der Waals surface area (Å²) < 4.78 is 74.2. The molecular weight excluding hydrogens is 503 g/mol. The lowest BCUT2D eigenvalue weighted by atomic mass is 9.87. The Labute approximate surface area is 209 Å². The number of nitrogens with one attached hydrogen (secondary N) is 2. The van der Waals surface area contributed by atoms with Gasteiger partial charge in [-0.15, -0.1) is 0 Å². The lowest BCUT2D eigenvalue weighted by Gasteiger charge is -2.38. The molecule has 1 aliphatic heterocycles. The van der Waals surface area contributed by atoms with Gasteiger partial charge in [0.05, 0.1) is 56.0 Å². The first-order chi connectivity index (χ1) is 17.1. The smallest absolute Gasteiger partial charge is 0.376 e.